The number of para-hydroxylation sites is 1. The van der Waals surface area contributed by atoms with Gasteiger partial charge >= 0.3 is 0 Å². The summed E-state index contributed by atoms with van der Waals surface area (Å²) < 4.78 is 30.4. The van der Waals surface area contributed by atoms with Gasteiger partial charge in [0, 0.05) is 57.0 Å². The molecule has 1 N–H and O–H groups in total. The van der Waals surface area contributed by atoms with Crippen molar-refractivity contribution in [3.63, 3.8) is 0 Å². The zero-order valence-corrected chi connectivity index (χ0v) is 23.7. The van der Waals surface area contributed by atoms with Crippen LogP contribution in [0.25, 0.3) is 10.9 Å². The number of amides is 1. The molecule has 3 aromatic carbocycles. The molecule has 0 unspecified atom stereocenters. The van der Waals surface area contributed by atoms with Crippen LogP contribution in [0.1, 0.15) is 34.8 Å². The molecule has 40 heavy (non-hydrogen) atoms. The van der Waals surface area contributed by atoms with Gasteiger partial charge in [0.15, 0.2) is 0 Å². The van der Waals surface area contributed by atoms with Crippen LogP contribution in [-0.4, -0.2) is 49.9 Å². The second kappa shape index (κ2) is 11.7. The van der Waals surface area contributed by atoms with Gasteiger partial charge in [0.1, 0.15) is 5.56 Å². The molecule has 5 rings (SSSR count). The third kappa shape index (κ3) is 5.52. The number of anilines is 1. The van der Waals surface area contributed by atoms with Crippen LogP contribution in [0.3, 0.4) is 0 Å². The molecule has 1 aliphatic heterocycles. The quantitative estimate of drug-likeness (QED) is 0.313. The topological polar surface area (TPSA) is 91.7 Å². The van der Waals surface area contributed by atoms with E-state index in [1.54, 1.807) is 18.3 Å². The number of aryl methyl sites for hydroxylation is 1. The largest absolute Gasteiger partial charge is 0.375 e. The first-order chi connectivity index (χ1) is 19.3. The van der Waals surface area contributed by atoms with Crippen LogP contribution in [0.4, 0.5) is 5.69 Å². The van der Waals surface area contributed by atoms with Gasteiger partial charge in [0.05, 0.1) is 10.4 Å². The van der Waals surface area contributed by atoms with Gasteiger partial charge in [-0.25, -0.2) is 8.42 Å². The number of hydrogen-bond donors (Lipinski definition) is 1. The predicted molar refractivity (Wildman–Crippen MR) is 158 cm³/mol. The van der Waals surface area contributed by atoms with E-state index in [0.717, 1.165) is 23.4 Å². The molecule has 0 saturated carbocycles. The summed E-state index contributed by atoms with van der Waals surface area (Å²) in [5, 5.41) is 3.08. The third-order valence-electron chi connectivity index (χ3n) is 7.52. The highest BCUT2D eigenvalue weighted by Gasteiger charge is 2.29. The number of benzene rings is 3. The van der Waals surface area contributed by atoms with Crippen molar-refractivity contribution in [1.82, 2.24) is 14.2 Å². The van der Waals surface area contributed by atoms with Gasteiger partial charge in [-0.05, 0) is 61.2 Å². The molecular weight excluding hydrogens is 524 g/mol. The fourth-order valence-corrected chi connectivity index (χ4v) is 6.66. The van der Waals surface area contributed by atoms with Gasteiger partial charge < -0.3 is 14.8 Å². The average Bonchev–Trinajstić information content (AvgIpc) is 2.99. The van der Waals surface area contributed by atoms with Crippen molar-refractivity contribution in [2.75, 3.05) is 31.6 Å². The smallest absolute Gasteiger partial charge is 0.256 e. The van der Waals surface area contributed by atoms with E-state index in [9.17, 15) is 18.0 Å². The molecule has 0 bridgehead atoms. The summed E-state index contributed by atoms with van der Waals surface area (Å²) in [7, 11) is -1.84. The van der Waals surface area contributed by atoms with Crippen LogP contribution in [-0.2, 0) is 29.5 Å². The summed E-state index contributed by atoms with van der Waals surface area (Å²) in [5.41, 5.74) is 3.36. The van der Waals surface area contributed by atoms with Gasteiger partial charge in [-0.1, -0.05) is 42.5 Å². The number of hydrogen-bond acceptors (Lipinski definition) is 5. The second-order valence-corrected chi connectivity index (χ2v) is 12.0. The van der Waals surface area contributed by atoms with Crippen LogP contribution in [0, 0.1) is 0 Å². The SMILES string of the molecule is CCn1cc(C(=O)NCCCN(C)c2ccccc2)c(=O)c2cc(S(=O)(=O)N3CCc4ccccc4C3)ccc21. The van der Waals surface area contributed by atoms with Gasteiger partial charge in [-0.3, -0.25) is 9.59 Å². The van der Waals surface area contributed by atoms with E-state index >= 15 is 0 Å². The lowest BCUT2D eigenvalue weighted by Crippen LogP contribution is -2.36. The number of pyridine rings is 1. The lowest BCUT2D eigenvalue weighted by Gasteiger charge is -2.28. The summed E-state index contributed by atoms with van der Waals surface area (Å²) in [4.78, 5) is 28.7. The second-order valence-electron chi connectivity index (χ2n) is 10.1. The number of carbonyl (C=O) groups is 1. The van der Waals surface area contributed by atoms with E-state index < -0.39 is 21.4 Å². The number of nitrogens with zero attached hydrogens (tertiary/aromatic N) is 3. The average molecular weight is 559 g/mol. The number of nitrogens with one attached hydrogen (secondary N) is 1. The number of rotatable bonds is 9. The molecule has 208 valence electrons. The number of aromatic nitrogens is 1. The summed E-state index contributed by atoms with van der Waals surface area (Å²) in [6.45, 7) is 4.25. The first-order valence-electron chi connectivity index (χ1n) is 13.6. The van der Waals surface area contributed by atoms with E-state index in [1.807, 2.05) is 73.1 Å². The van der Waals surface area contributed by atoms with Crippen molar-refractivity contribution in [2.24, 2.45) is 0 Å². The van der Waals surface area contributed by atoms with Crippen molar-refractivity contribution in [1.29, 1.82) is 0 Å². The monoisotopic (exact) mass is 558 g/mol. The fourth-order valence-electron chi connectivity index (χ4n) is 5.21. The van der Waals surface area contributed by atoms with Gasteiger partial charge in [0.25, 0.3) is 5.91 Å². The Morgan fingerprint density at radius 2 is 1.73 bits per heavy atom. The third-order valence-corrected chi connectivity index (χ3v) is 9.36. The molecule has 0 radical (unpaired) electrons. The Labute approximate surface area is 234 Å². The van der Waals surface area contributed by atoms with Crippen molar-refractivity contribution < 1.29 is 13.2 Å². The molecule has 4 aromatic rings. The Morgan fingerprint density at radius 1 is 1.00 bits per heavy atom. The van der Waals surface area contributed by atoms with E-state index in [4.69, 9.17) is 0 Å². The molecule has 8 nitrogen and oxygen atoms in total. The van der Waals surface area contributed by atoms with Crippen molar-refractivity contribution in [3.05, 3.63) is 106 Å². The molecule has 0 saturated heterocycles. The van der Waals surface area contributed by atoms with Crippen molar-refractivity contribution >= 4 is 32.5 Å². The highest BCUT2D eigenvalue weighted by molar-refractivity contribution is 7.89. The standard InChI is InChI=1S/C31H34N4O4S/c1-3-34-22-28(31(37)32-17-9-18-33(2)25-12-5-4-6-13-25)30(36)27-20-26(14-15-29(27)34)40(38,39)35-19-16-23-10-7-8-11-24(23)21-35/h4-8,10-15,20,22H,3,9,16-19,21H2,1-2H3,(H,32,37). The maximum atomic E-state index is 13.6. The van der Waals surface area contributed by atoms with Crippen LogP contribution < -0.4 is 15.6 Å². The molecular formula is C31H34N4O4S. The van der Waals surface area contributed by atoms with Gasteiger partial charge in [0.2, 0.25) is 15.5 Å². The molecule has 0 fully saturated rings. The molecule has 2 heterocycles. The highest BCUT2D eigenvalue weighted by Crippen LogP contribution is 2.26. The normalized spacial score (nSPS) is 13.7. The minimum absolute atomic E-state index is 0.00668. The van der Waals surface area contributed by atoms with Crippen LogP contribution in [0.2, 0.25) is 0 Å². The Bertz CT molecular complexity index is 1700. The van der Waals surface area contributed by atoms with E-state index in [1.165, 1.54) is 10.4 Å². The van der Waals surface area contributed by atoms with E-state index in [0.29, 0.717) is 38.0 Å². The number of fused-ring (bicyclic) bond motifs is 2. The summed E-state index contributed by atoms with van der Waals surface area (Å²) >= 11 is 0. The molecule has 0 spiro atoms. The maximum Gasteiger partial charge on any atom is 0.256 e. The van der Waals surface area contributed by atoms with Gasteiger partial charge in [-0.15, -0.1) is 0 Å². The molecule has 0 atom stereocenters. The maximum absolute atomic E-state index is 13.6. The van der Waals surface area contributed by atoms with Crippen molar-refractivity contribution in [3.8, 4) is 0 Å². The van der Waals surface area contributed by atoms with Crippen molar-refractivity contribution in [2.45, 2.75) is 37.8 Å². The lowest BCUT2D eigenvalue weighted by atomic mass is 10.0. The minimum Gasteiger partial charge on any atom is -0.375 e. The first kappa shape index (κ1) is 27.6. The van der Waals surface area contributed by atoms with Gasteiger partial charge in [-0.2, -0.15) is 4.31 Å². The Morgan fingerprint density at radius 3 is 2.48 bits per heavy atom. The zero-order valence-electron chi connectivity index (χ0n) is 22.8. The molecule has 9 heteroatoms. The first-order valence-corrected chi connectivity index (χ1v) is 15.0. The summed E-state index contributed by atoms with van der Waals surface area (Å²) in [6.07, 6.45) is 2.90. The van der Waals surface area contributed by atoms with Crippen LogP contribution in [0.15, 0.2) is 88.7 Å². The van der Waals surface area contributed by atoms with E-state index in [-0.39, 0.29) is 22.4 Å². The molecule has 0 aliphatic carbocycles. The molecule has 1 aliphatic rings. The summed E-state index contributed by atoms with van der Waals surface area (Å²) in [6, 6.07) is 22.5. The minimum atomic E-state index is -3.83. The molecule has 1 aromatic heterocycles. The number of sulfonamides is 1. The predicted octanol–water partition coefficient (Wildman–Crippen LogP) is 4.02. The Hall–Kier alpha value is -3.95. The van der Waals surface area contributed by atoms with E-state index in [2.05, 4.69) is 10.2 Å². The van der Waals surface area contributed by atoms with Crippen LogP contribution >= 0.6 is 0 Å². The lowest BCUT2D eigenvalue weighted by molar-refractivity contribution is 0.0951. The number of carbonyl (C=O) groups excluding carboxylic acids is 1. The van der Waals surface area contributed by atoms with Crippen LogP contribution in [0.5, 0.6) is 0 Å². The zero-order chi connectivity index (χ0) is 28.3. The fraction of sp³-hybridized carbons (Fsp3) is 0.290. The summed E-state index contributed by atoms with van der Waals surface area (Å²) in [5.74, 6) is -0.461. The Kier molecular flexibility index (Phi) is 8.04. The highest BCUT2D eigenvalue weighted by atomic mass is 32.2. The molecule has 1 amide bonds. The Balaban J connectivity index is 1.36.